The Balaban J connectivity index is 3.82. The van der Waals surface area contributed by atoms with E-state index in [0.717, 1.165) is 0 Å². The number of hydrogen-bond donors (Lipinski definition) is 2. The van der Waals surface area contributed by atoms with Gasteiger partial charge in [-0.3, -0.25) is 9.59 Å². The second kappa shape index (κ2) is 13.7. The Morgan fingerprint density at radius 3 is 1.68 bits per heavy atom. The summed E-state index contributed by atoms with van der Waals surface area (Å²) in [4.78, 5) is 23.0. The highest BCUT2D eigenvalue weighted by atomic mass is 32.1. The average Bonchev–Trinajstić information content (AvgIpc) is 2.47. The van der Waals surface area contributed by atoms with Crippen LogP contribution in [0.3, 0.4) is 0 Å². The molecule has 0 heterocycles. The van der Waals surface area contributed by atoms with E-state index in [1.54, 1.807) is 6.92 Å². The molecule has 0 fully saturated rings. The first-order chi connectivity index (χ1) is 11.6. The van der Waals surface area contributed by atoms with Gasteiger partial charge < -0.3 is 18.9 Å². The van der Waals surface area contributed by atoms with Crippen molar-refractivity contribution in [3.8, 4) is 0 Å². The Bertz CT molecular complexity index is 389. The molecule has 0 saturated heterocycles. The summed E-state index contributed by atoms with van der Waals surface area (Å²) in [5.41, 5.74) is 0. The summed E-state index contributed by atoms with van der Waals surface area (Å²) in [7, 11) is 0. The molecule has 148 valence electrons. The van der Waals surface area contributed by atoms with Crippen LogP contribution in [0.25, 0.3) is 0 Å². The molecule has 0 bridgehead atoms. The first-order valence-electron chi connectivity index (χ1n) is 8.54. The van der Waals surface area contributed by atoms with Crippen LogP contribution in [0.2, 0.25) is 0 Å². The van der Waals surface area contributed by atoms with E-state index in [9.17, 15) is 9.59 Å². The summed E-state index contributed by atoms with van der Waals surface area (Å²) in [5, 5.41) is -0.0521. The van der Waals surface area contributed by atoms with Gasteiger partial charge in [0.25, 0.3) is 0 Å². The maximum absolute atomic E-state index is 11.5. The van der Waals surface area contributed by atoms with Crippen LogP contribution in [0.15, 0.2) is 0 Å². The van der Waals surface area contributed by atoms with Crippen molar-refractivity contribution in [1.82, 2.24) is 0 Å². The molecular weight excluding hydrogens is 364 g/mol. The van der Waals surface area contributed by atoms with Crippen molar-refractivity contribution in [1.29, 1.82) is 0 Å². The third kappa shape index (κ3) is 15.5. The predicted molar refractivity (Wildman–Crippen MR) is 103 cm³/mol. The van der Waals surface area contributed by atoms with Crippen LogP contribution in [-0.4, -0.2) is 60.6 Å². The monoisotopic (exact) mass is 396 g/mol. The molecule has 0 aliphatic heterocycles. The molecule has 0 amide bonds. The van der Waals surface area contributed by atoms with Gasteiger partial charge in [-0.1, -0.05) is 13.8 Å². The number of rotatable bonds is 13. The minimum atomic E-state index is -0.330. The Morgan fingerprint density at radius 2 is 1.16 bits per heavy atom. The van der Waals surface area contributed by atoms with Gasteiger partial charge in [-0.2, -0.15) is 25.3 Å². The van der Waals surface area contributed by atoms with Gasteiger partial charge in [-0.25, -0.2) is 0 Å². The number of esters is 2. The summed E-state index contributed by atoms with van der Waals surface area (Å²) in [6, 6.07) is 0. The summed E-state index contributed by atoms with van der Waals surface area (Å²) in [5.74, 6) is -0.568. The van der Waals surface area contributed by atoms with Crippen LogP contribution in [0, 0.1) is 0 Å². The molecule has 0 aromatic rings. The van der Waals surface area contributed by atoms with Crippen LogP contribution in [-0.2, 0) is 28.5 Å². The minimum absolute atomic E-state index is 0.0239. The van der Waals surface area contributed by atoms with Gasteiger partial charge in [0.15, 0.2) is 0 Å². The lowest BCUT2D eigenvalue weighted by Gasteiger charge is -2.20. The van der Waals surface area contributed by atoms with E-state index in [2.05, 4.69) is 25.3 Å². The number of ether oxygens (including phenoxy) is 4. The molecule has 5 unspecified atom stereocenters. The van der Waals surface area contributed by atoms with E-state index in [4.69, 9.17) is 18.9 Å². The zero-order chi connectivity index (χ0) is 19.4. The zero-order valence-corrected chi connectivity index (χ0v) is 17.6. The first-order valence-corrected chi connectivity index (χ1v) is 9.57. The maximum atomic E-state index is 11.5. The molecule has 0 spiro atoms. The fraction of sp³-hybridized carbons (Fsp3) is 0.882. The topological polar surface area (TPSA) is 71.1 Å². The lowest BCUT2D eigenvalue weighted by Crippen LogP contribution is -2.28. The molecule has 0 aliphatic rings. The lowest BCUT2D eigenvalue weighted by atomic mass is 10.3. The molecule has 8 heteroatoms. The maximum Gasteiger partial charge on any atom is 0.307 e. The van der Waals surface area contributed by atoms with Gasteiger partial charge in [-0.15, -0.1) is 0 Å². The second-order valence-corrected chi connectivity index (χ2v) is 8.14. The van der Waals surface area contributed by atoms with Gasteiger partial charge in [0.05, 0.1) is 38.3 Å². The average molecular weight is 397 g/mol. The molecule has 0 radical (unpaired) electrons. The van der Waals surface area contributed by atoms with E-state index in [1.807, 2.05) is 27.7 Å². The second-order valence-electron chi connectivity index (χ2n) is 6.38. The highest BCUT2D eigenvalue weighted by Gasteiger charge is 2.15. The largest absolute Gasteiger partial charge is 0.463 e. The molecule has 0 N–H and O–H groups in total. The van der Waals surface area contributed by atoms with Crippen molar-refractivity contribution in [2.45, 2.75) is 76.3 Å². The summed E-state index contributed by atoms with van der Waals surface area (Å²) >= 11 is 8.30. The smallest absolute Gasteiger partial charge is 0.307 e. The van der Waals surface area contributed by atoms with Crippen LogP contribution >= 0.6 is 25.3 Å². The zero-order valence-electron chi connectivity index (χ0n) is 15.8. The van der Waals surface area contributed by atoms with Crippen LogP contribution in [0.1, 0.15) is 47.5 Å². The van der Waals surface area contributed by atoms with Gasteiger partial charge in [0.2, 0.25) is 0 Å². The van der Waals surface area contributed by atoms with Gasteiger partial charge in [-0.05, 0) is 20.8 Å². The fourth-order valence-electron chi connectivity index (χ4n) is 1.75. The van der Waals surface area contributed by atoms with E-state index in [-0.39, 0.29) is 60.2 Å². The minimum Gasteiger partial charge on any atom is -0.463 e. The highest BCUT2D eigenvalue weighted by Crippen LogP contribution is 2.06. The van der Waals surface area contributed by atoms with E-state index in [1.165, 1.54) is 0 Å². The van der Waals surface area contributed by atoms with Crippen molar-refractivity contribution in [2.75, 3.05) is 19.8 Å². The standard InChI is InChI=1S/C17H32O6S2/c1-11(21-10-13(3)23-17(19)7-15(5)25)8-20-12(2)9-22-16(18)6-14(4)24/h11-15,24-25H,6-10H2,1-5H3. The summed E-state index contributed by atoms with van der Waals surface area (Å²) in [6.45, 7) is 9.99. The first kappa shape index (κ1) is 24.6. The van der Waals surface area contributed by atoms with E-state index >= 15 is 0 Å². The molecule has 0 aliphatic carbocycles. The third-order valence-electron chi connectivity index (χ3n) is 2.97. The molecule has 0 aromatic heterocycles. The lowest BCUT2D eigenvalue weighted by molar-refractivity contribution is -0.154. The van der Waals surface area contributed by atoms with Crippen LogP contribution in [0.4, 0.5) is 0 Å². The molecule has 0 rings (SSSR count). The molecule has 0 aromatic carbocycles. The van der Waals surface area contributed by atoms with Crippen molar-refractivity contribution in [2.24, 2.45) is 0 Å². The van der Waals surface area contributed by atoms with Gasteiger partial charge in [0.1, 0.15) is 12.7 Å². The highest BCUT2D eigenvalue weighted by molar-refractivity contribution is 7.81. The number of hydrogen-bond acceptors (Lipinski definition) is 8. The van der Waals surface area contributed by atoms with E-state index in [0.29, 0.717) is 13.2 Å². The molecular formula is C17H32O6S2. The molecule has 6 nitrogen and oxygen atoms in total. The van der Waals surface area contributed by atoms with Gasteiger partial charge in [0, 0.05) is 10.5 Å². The number of thiol groups is 2. The number of carbonyl (C=O) groups is 2. The van der Waals surface area contributed by atoms with E-state index < -0.39 is 0 Å². The normalized spacial score (nSPS) is 17.2. The van der Waals surface area contributed by atoms with Gasteiger partial charge >= 0.3 is 11.9 Å². The van der Waals surface area contributed by atoms with Crippen LogP contribution < -0.4 is 0 Å². The predicted octanol–water partition coefficient (Wildman–Crippen LogP) is 2.69. The molecule has 5 atom stereocenters. The SMILES string of the molecule is CC(S)CC(=O)OCC(C)OCC(C)OCC(C)OC(=O)CC(C)S. The summed E-state index contributed by atoms with van der Waals surface area (Å²) < 4.78 is 21.5. The quantitative estimate of drug-likeness (QED) is 0.368. The fourth-order valence-corrected chi connectivity index (χ4v) is 2.05. The van der Waals surface area contributed by atoms with Crippen LogP contribution in [0.5, 0.6) is 0 Å². The summed E-state index contributed by atoms with van der Waals surface area (Å²) in [6.07, 6.45) is -0.173. The molecule has 0 saturated carbocycles. The Kier molecular flexibility index (Phi) is 13.5. The Labute approximate surface area is 162 Å². The Hall–Kier alpha value is -0.440. The Morgan fingerprint density at radius 1 is 0.720 bits per heavy atom. The van der Waals surface area contributed by atoms with Crippen molar-refractivity contribution >= 4 is 37.2 Å². The van der Waals surface area contributed by atoms with Crippen molar-refractivity contribution in [3.05, 3.63) is 0 Å². The number of carbonyl (C=O) groups excluding carboxylic acids is 2. The van der Waals surface area contributed by atoms with Crippen molar-refractivity contribution in [3.63, 3.8) is 0 Å². The van der Waals surface area contributed by atoms with Crippen molar-refractivity contribution < 1.29 is 28.5 Å². The molecule has 25 heavy (non-hydrogen) atoms. The third-order valence-corrected chi connectivity index (χ3v) is 3.33.